The summed E-state index contributed by atoms with van der Waals surface area (Å²) in [5, 5.41) is 13.8. The van der Waals surface area contributed by atoms with Crippen molar-refractivity contribution in [3.8, 4) is 0 Å². The van der Waals surface area contributed by atoms with Crippen molar-refractivity contribution in [1.82, 2.24) is 4.90 Å². The van der Waals surface area contributed by atoms with Crippen LogP contribution in [0, 0.1) is 5.92 Å². The summed E-state index contributed by atoms with van der Waals surface area (Å²) < 4.78 is 0. The van der Waals surface area contributed by atoms with Crippen LogP contribution in [0.5, 0.6) is 0 Å². The Morgan fingerprint density at radius 2 is 1.95 bits per heavy atom. The Morgan fingerprint density at radius 3 is 2.68 bits per heavy atom. The van der Waals surface area contributed by atoms with Crippen molar-refractivity contribution in [3.05, 3.63) is 42.5 Å². The standard InChI is InChI=1S/C17H18N2O3/c20-11-12-7-8-19(10-12)17(22)16(21)18-15-6-5-13-3-1-2-4-14(13)9-15/h1-6,9,12,20H,7-8,10-11H2,(H,18,21). The second-order valence-corrected chi connectivity index (χ2v) is 5.60. The molecular weight excluding hydrogens is 280 g/mol. The fourth-order valence-electron chi connectivity index (χ4n) is 2.76. The summed E-state index contributed by atoms with van der Waals surface area (Å²) in [7, 11) is 0. The first kappa shape index (κ1) is 14.5. The lowest BCUT2D eigenvalue weighted by atomic mass is 10.1. The molecular formula is C17H18N2O3. The third-order valence-electron chi connectivity index (χ3n) is 4.03. The molecule has 0 radical (unpaired) electrons. The molecule has 1 unspecified atom stereocenters. The van der Waals surface area contributed by atoms with Crippen LogP contribution < -0.4 is 5.32 Å². The number of nitrogens with one attached hydrogen (secondary N) is 1. The number of carbonyl (C=O) groups is 2. The number of aliphatic hydroxyl groups excluding tert-OH is 1. The number of hydrogen-bond acceptors (Lipinski definition) is 3. The van der Waals surface area contributed by atoms with E-state index >= 15 is 0 Å². The predicted molar refractivity (Wildman–Crippen MR) is 84.4 cm³/mol. The van der Waals surface area contributed by atoms with Gasteiger partial charge >= 0.3 is 11.8 Å². The molecule has 1 fully saturated rings. The van der Waals surface area contributed by atoms with Crippen molar-refractivity contribution in [2.45, 2.75) is 6.42 Å². The molecule has 2 aromatic rings. The van der Waals surface area contributed by atoms with Gasteiger partial charge in [0.05, 0.1) is 0 Å². The Labute approximate surface area is 128 Å². The Kier molecular flexibility index (Phi) is 4.06. The van der Waals surface area contributed by atoms with Gasteiger partial charge in [0, 0.05) is 31.3 Å². The van der Waals surface area contributed by atoms with E-state index < -0.39 is 11.8 Å². The van der Waals surface area contributed by atoms with Gasteiger partial charge in [-0.3, -0.25) is 9.59 Å². The van der Waals surface area contributed by atoms with Crippen molar-refractivity contribution in [2.24, 2.45) is 5.92 Å². The van der Waals surface area contributed by atoms with Gasteiger partial charge in [-0.25, -0.2) is 0 Å². The van der Waals surface area contributed by atoms with Gasteiger partial charge in [-0.05, 0) is 29.3 Å². The fraction of sp³-hybridized carbons (Fsp3) is 0.294. The predicted octanol–water partition coefficient (Wildman–Crippen LogP) is 1.62. The van der Waals surface area contributed by atoms with Gasteiger partial charge in [0.2, 0.25) is 0 Å². The molecule has 1 saturated heterocycles. The molecule has 0 bridgehead atoms. The normalized spacial score (nSPS) is 17.7. The molecule has 2 amide bonds. The fourth-order valence-corrected chi connectivity index (χ4v) is 2.76. The Bertz CT molecular complexity index is 714. The molecule has 1 atom stereocenters. The maximum atomic E-state index is 12.1. The highest BCUT2D eigenvalue weighted by Gasteiger charge is 2.29. The lowest BCUT2D eigenvalue weighted by Gasteiger charge is -2.15. The zero-order valence-corrected chi connectivity index (χ0v) is 12.2. The van der Waals surface area contributed by atoms with Crippen LogP contribution in [0.1, 0.15) is 6.42 Å². The molecule has 114 valence electrons. The lowest BCUT2D eigenvalue weighted by molar-refractivity contribution is -0.142. The third kappa shape index (κ3) is 2.94. The maximum absolute atomic E-state index is 12.1. The van der Waals surface area contributed by atoms with Gasteiger partial charge in [0.1, 0.15) is 0 Å². The molecule has 3 rings (SSSR count). The monoisotopic (exact) mass is 298 g/mol. The number of anilines is 1. The van der Waals surface area contributed by atoms with Crippen molar-refractivity contribution in [2.75, 3.05) is 25.0 Å². The Morgan fingerprint density at radius 1 is 1.18 bits per heavy atom. The topological polar surface area (TPSA) is 69.6 Å². The second kappa shape index (κ2) is 6.15. The summed E-state index contributed by atoms with van der Waals surface area (Å²) in [4.78, 5) is 25.7. The van der Waals surface area contributed by atoms with Crippen molar-refractivity contribution >= 4 is 28.3 Å². The van der Waals surface area contributed by atoms with E-state index in [1.54, 1.807) is 6.07 Å². The molecule has 5 heteroatoms. The van der Waals surface area contributed by atoms with Gasteiger partial charge in [-0.2, -0.15) is 0 Å². The van der Waals surface area contributed by atoms with E-state index in [4.69, 9.17) is 5.11 Å². The minimum atomic E-state index is -0.631. The molecule has 0 aliphatic carbocycles. The van der Waals surface area contributed by atoms with E-state index in [1.807, 2.05) is 36.4 Å². The quantitative estimate of drug-likeness (QED) is 0.828. The number of benzene rings is 2. The smallest absolute Gasteiger partial charge is 0.313 e. The first-order valence-electron chi connectivity index (χ1n) is 7.37. The summed E-state index contributed by atoms with van der Waals surface area (Å²) in [6.07, 6.45) is 0.742. The van der Waals surface area contributed by atoms with Crippen molar-refractivity contribution in [3.63, 3.8) is 0 Å². The summed E-state index contributed by atoms with van der Waals surface area (Å²) >= 11 is 0. The minimum Gasteiger partial charge on any atom is -0.396 e. The first-order valence-corrected chi connectivity index (χ1v) is 7.37. The SMILES string of the molecule is O=C(Nc1ccc2ccccc2c1)C(=O)N1CCC(CO)C1. The van der Waals surface area contributed by atoms with E-state index in [1.165, 1.54) is 4.90 Å². The average Bonchev–Trinajstić information content (AvgIpc) is 3.03. The van der Waals surface area contributed by atoms with Crippen LogP contribution in [-0.2, 0) is 9.59 Å². The van der Waals surface area contributed by atoms with Gasteiger partial charge in [0.25, 0.3) is 0 Å². The Balaban J connectivity index is 1.68. The van der Waals surface area contributed by atoms with E-state index in [0.29, 0.717) is 18.8 Å². The largest absolute Gasteiger partial charge is 0.396 e. The molecule has 1 aliphatic rings. The number of likely N-dealkylation sites (tertiary alicyclic amines) is 1. The number of rotatable bonds is 2. The summed E-state index contributed by atoms with van der Waals surface area (Å²) in [6, 6.07) is 13.4. The molecule has 1 aliphatic heterocycles. The highest BCUT2D eigenvalue weighted by Crippen LogP contribution is 2.20. The van der Waals surface area contributed by atoms with Gasteiger partial charge < -0.3 is 15.3 Å². The molecule has 0 aromatic heterocycles. The molecule has 0 spiro atoms. The third-order valence-corrected chi connectivity index (χ3v) is 4.03. The van der Waals surface area contributed by atoms with E-state index in [-0.39, 0.29) is 12.5 Å². The molecule has 5 nitrogen and oxygen atoms in total. The van der Waals surface area contributed by atoms with Crippen molar-refractivity contribution < 1.29 is 14.7 Å². The van der Waals surface area contributed by atoms with E-state index in [9.17, 15) is 9.59 Å². The van der Waals surface area contributed by atoms with Crippen LogP contribution in [0.15, 0.2) is 42.5 Å². The highest BCUT2D eigenvalue weighted by atomic mass is 16.3. The average molecular weight is 298 g/mol. The van der Waals surface area contributed by atoms with E-state index in [2.05, 4.69) is 5.32 Å². The maximum Gasteiger partial charge on any atom is 0.313 e. The van der Waals surface area contributed by atoms with Crippen LogP contribution in [0.25, 0.3) is 10.8 Å². The van der Waals surface area contributed by atoms with Crippen LogP contribution in [0.2, 0.25) is 0 Å². The molecule has 1 heterocycles. The molecule has 2 N–H and O–H groups in total. The van der Waals surface area contributed by atoms with Crippen LogP contribution in [0.3, 0.4) is 0 Å². The van der Waals surface area contributed by atoms with Gasteiger partial charge in [-0.1, -0.05) is 30.3 Å². The van der Waals surface area contributed by atoms with Crippen LogP contribution in [-0.4, -0.2) is 41.5 Å². The second-order valence-electron chi connectivity index (χ2n) is 5.60. The summed E-state index contributed by atoms with van der Waals surface area (Å²) in [5.74, 6) is -1.09. The van der Waals surface area contributed by atoms with Crippen LogP contribution >= 0.6 is 0 Å². The number of nitrogens with zero attached hydrogens (tertiary/aromatic N) is 1. The zero-order valence-electron chi connectivity index (χ0n) is 12.2. The van der Waals surface area contributed by atoms with E-state index in [0.717, 1.165) is 17.2 Å². The van der Waals surface area contributed by atoms with Crippen molar-refractivity contribution in [1.29, 1.82) is 0 Å². The Hall–Kier alpha value is -2.40. The highest BCUT2D eigenvalue weighted by molar-refractivity contribution is 6.39. The number of carbonyl (C=O) groups excluding carboxylic acids is 2. The first-order chi connectivity index (χ1) is 10.7. The molecule has 2 aromatic carbocycles. The number of fused-ring (bicyclic) bond motifs is 1. The van der Waals surface area contributed by atoms with Gasteiger partial charge in [-0.15, -0.1) is 0 Å². The lowest BCUT2D eigenvalue weighted by Crippen LogP contribution is -2.38. The number of aliphatic hydroxyl groups is 1. The minimum absolute atomic E-state index is 0.0517. The van der Waals surface area contributed by atoms with Crippen LogP contribution in [0.4, 0.5) is 5.69 Å². The summed E-state index contributed by atoms with van der Waals surface area (Å²) in [5.41, 5.74) is 0.606. The zero-order chi connectivity index (χ0) is 15.5. The number of hydrogen-bond donors (Lipinski definition) is 2. The van der Waals surface area contributed by atoms with Gasteiger partial charge in [0.15, 0.2) is 0 Å². The number of amides is 2. The summed E-state index contributed by atoms with van der Waals surface area (Å²) in [6.45, 7) is 1.02. The molecule has 22 heavy (non-hydrogen) atoms. The molecule has 0 saturated carbocycles.